The van der Waals surface area contributed by atoms with Crippen molar-refractivity contribution in [2.45, 2.75) is 61.2 Å². The molecule has 1 heteroatoms. The molecule has 0 saturated heterocycles. The number of hydrogen-bond acceptors (Lipinski definition) is 1. The maximum Gasteiger partial charge on any atom is 0.0240 e. The Hall–Kier alpha value is -2.38. The van der Waals surface area contributed by atoms with Crippen LogP contribution in [0.1, 0.15) is 58.2 Å². The van der Waals surface area contributed by atoms with Crippen LogP contribution in [0.3, 0.4) is 0 Å². The highest BCUT2D eigenvalue weighted by atomic mass is 15.1. The molecular weight excluding hydrogens is 338 g/mol. The minimum Gasteiger partial charge on any atom is -0.291 e. The van der Waals surface area contributed by atoms with Crippen molar-refractivity contribution in [3.8, 4) is 0 Å². The zero-order valence-corrected chi connectivity index (χ0v) is 18.7. The minimum atomic E-state index is 0.963. The fourth-order valence-corrected chi connectivity index (χ4v) is 2.69. The van der Waals surface area contributed by atoms with Gasteiger partial charge in [0, 0.05) is 19.6 Å². The van der Waals surface area contributed by atoms with Crippen molar-refractivity contribution in [3.05, 3.63) is 108 Å². The smallest absolute Gasteiger partial charge is 0.0240 e. The second-order valence-corrected chi connectivity index (χ2v) is 5.60. The summed E-state index contributed by atoms with van der Waals surface area (Å²) in [6, 6.07) is 32.1. The second kappa shape index (κ2) is 18.0. The van der Waals surface area contributed by atoms with Gasteiger partial charge in [0.05, 0.1) is 0 Å². The molecular formula is C27H39N. The highest BCUT2D eigenvalue weighted by Crippen LogP contribution is 2.14. The fraction of sp³-hybridized carbons (Fsp3) is 0.333. The van der Waals surface area contributed by atoms with E-state index < -0.39 is 0 Å². The summed E-state index contributed by atoms with van der Waals surface area (Å²) in [6.07, 6.45) is 0. The molecule has 0 spiro atoms. The van der Waals surface area contributed by atoms with Crippen molar-refractivity contribution in [1.29, 1.82) is 0 Å². The summed E-state index contributed by atoms with van der Waals surface area (Å²) in [6.45, 7) is 14.9. The van der Waals surface area contributed by atoms with Crippen molar-refractivity contribution in [2.75, 3.05) is 0 Å². The lowest BCUT2D eigenvalue weighted by atomic mass is 10.1. The van der Waals surface area contributed by atoms with Crippen LogP contribution in [0, 0.1) is 0 Å². The van der Waals surface area contributed by atoms with E-state index in [1.165, 1.54) is 16.7 Å². The highest BCUT2D eigenvalue weighted by Gasteiger charge is 2.08. The van der Waals surface area contributed by atoms with E-state index in [-0.39, 0.29) is 0 Å². The summed E-state index contributed by atoms with van der Waals surface area (Å²) < 4.78 is 0. The van der Waals surface area contributed by atoms with E-state index in [0.29, 0.717) is 0 Å². The molecule has 0 amide bonds. The van der Waals surface area contributed by atoms with Crippen LogP contribution >= 0.6 is 0 Å². The molecule has 0 saturated carbocycles. The maximum absolute atomic E-state index is 2.49. The van der Waals surface area contributed by atoms with Gasteiger partial charge in [-0.3, -0.25) is 4.90 Å². The minimum absolute atomic E-state index is 0.963. The first-order chi connectivity index (χ1) is 13.9. The van der Waals surface area contributed by atoms with Crippen LogP contribution in [-0.2, 0) is 19.6 Å². The topological polar surface area (TPSA) is 3.24 Å². The molecule has 28 heavy (non-hydrogen) atoms. The Labute approximate surface area is 174 Å². The predicted octanol–water partition coefficient (Wildman–Crippen LogP) is 7.97. The molecule has 0 aliphatic rings. The SMILES string of the molecule is CC.CC.CC.c1ccc(CN(Cc2ccccc2)Cc2ccccc2)cc1. The van der Waals surface area contributed by atoms with Gasteiger partial charge >= 0.3 is 0 Å². The lowest BCUT2D eigenvalue weighted by Gasteiger charge is -2.23. The average molecular weight is 378 g/mol. The lowest BCUT2D eigenvalue weighted by molar-refractivity contribution is 0.247. The van der Waals surface area contributed by atoms with Crippen LogP contribution in [0.15, 0.2) is 91.0 Å². The van der Waals surface area contributed by atoms with E-state index in [4.69, 9.17) is 0 Å². The molecule has 0 bridgehead atoms. The van der Waals surface area contributed by atoms with Gasteiger partial charge in [-0.2, -0.15) is 0 Å². The molecule has 0 heterocycles. The maximum atomic E-state index is 2.49. The van der Waals surface area contributed by atoms with Crippen LogP contribution in [-0.4, -0.2) is 4.90 Å². The molecule has 0 aliphatic heterocycles. The number of nitrogens with zero attached hydrogens (tertiary/aromatic N) is 1. The summed E-state index contributed by atoms with van der Waals surface area (Å²) >= 11 is 0. The first-order valence-corrected chi connectivity index (χ1v) is 10.7. The predicted molar refractivity (Wildman–Crippen MR) is 126 cm³/mol. The molecule has 152 valence electrons. The van der Waals surface area contributed by atoms with Gasteiger partial charge in [0.15, 0.2) is 0 Å². The van der Waals surface area contributed by atoms with Crippen LogP contribution in [0.4, 0.5) is 0 Å². The molecule has 0 fully saturated rings. The number of benzene rings is 3. The molecule has 3 aromatic rings. The van der Waals surface area contributed by atoms with E-state index in [1.54, 1.807) is 0 Å². The number of hydrogen-bond donors (Lipinski definition) is 0. The van der Waals surface area contributed by atoms with Crippen LogP contribution in [0.25, 0.3) is 0 Å². The van der Waals surface area contributed by atoms with Gasteiger partial charge in [-0.1, -0.05) is 133 Å². The van der Waals surface area contributed by atoms with Gasteiger partial charge < -0.3 is 0 Å². The Morgan fingerprint density at radius 2 is 0.607 bits per heavy atom. The summed E-state index contributed by atoms with van der Waals surface area (Å²) in [5, 5.41) is 0. The summed E-state index contributed by atoms with van der Waals surface area (Å²) in [4.78, 5) is 2.49. The lowest BCUT2D eigenvalue weighted by Crippen LogP contribution is -2.22. The van der Waals surface area contributed by atoms with Gasteiger partial charge in [0.2, 0.25) is 0 Å². The van der Waals surface area contributed by atoms with Crippen LogP contribution < -0.4 is 0 Å². The van der Waals surface area contributed by atoms with Gasteiger partial charge in [0.25, 0.3) is 0 Å². The molecule has 0 aliphatic carbocycles. The van der Waals surface area contributed by atoms with Gasteiger partial charge in [-0.05, 0) is 16.7 Å². The molecule has 0 N–H and O–H groups in total. The zero-order chi connectivity index (χ0) is 21.0. The van der Waals surface area contributed by atoms with E-state index in [1.807, 2.05) is 41.5 Å². The quantitative estimate of drug-likeness (QED) is 0.421. The van der Waals surface area contributed by atoms with Crippen molar-refractivity contribution < 1.29 is 0 Å². The fourth-order valence-electron chi connectivity index (χ4n) is 2.69. The first kappa shape index (κ1) is 25.6. The highest BCUT2D eigenvalue weighted by molar-refractivity contribution is 5.19. The van der Waals surface area contributed by atoms with Crippen LogP contribution in [0.5, 0.6) is 0 Å². The van der Waals surface area contributed by atoms with E-state index in [0.717, 1.165) is 19.6 Å². The normalized spacial score (nSPS) is 9.11. The molecule has 0 atom stereocenters. The number of rotatable bonds is 6. The van der Waals surface area contributed by atoms with Gasteiger partial charge in [0.1, 0.15) is 0 Å². The monoisotopic (exact) mass is 377 g/mol. The Balaban J connectivity index is 0.00000111. The van der Waals surface area contributed by atoms with Crippen molar-refractivity contribution in [3.63, 3.8) is 0 Å². The molecule has 3 rings (SSSR count). The third-order valence-electron chi connectivity index (χ3n) is 3.75. The first-order valence-electron chi connectivity index (χ1n) is 10.7. The van der Waals surface area contributed by atoms with E-state index >= 15 is 0 Å². The Bertz CT molecular complexity index is 564. The molecule has 0 unspecified atom stereocenters. The largest absolute Gasteiger partial charge is 0.291 e. The molecule has 3 aromatic carbocycles. The Morgan fingerprint density at radius 1 is 0.393 bits per heavy atom. The third-order valence-corrected chi connectivity index (χ3v) is 3.75. The van der Waals surface area contributed by atoms with E-state index in [2.05, 4.69) is 95.9 Å². The van der Waals surface area contributed by atoms with Crippen molar-refractivity contribution >= 4 is 0 Å². The zero-order valence-electron chi connectivity index (χ0n) is 18.7. The standard InChI is InChI=1S/C21H21N.3C2H6/c1-4-10-19(11-5-1)16-22(17-20-12-6-2-7-13-20)18-21-14-8-3-9-15-21;3*1-2/h1-15H,16-18H2;3*1-2H3. The Kier molecular flexibility index (Phi) is 16.5. The summed E-state index contributed by atoms with van der Waals surface area (Å²) in [7, 11) is 0. The Morgan fingerprint density at radius 3 is 0.821 bits per heavy atom. The summed E-state index contributed by atoms with van der Waals surface area (Å²) in [5.41, 5.74) is 4.07. The van der Waals surface area contributed by atoms with Crippen LogP contribution in [0.2, 0.25) is 0 Å². The summed E-state index contributed by atoms with van der Waals surface area (Å²) in [5.74, 6) is 0. The van der Waals surface area contributed by atoms with Crippen molar-refractivity contribution in [1.82, 2.24) is 4.90 Å². The third kappa shape index (κ3) is 10.7. The van der Waals surface area contributed by atoms with Gasteiger partial charge in [-0.25, -0.2) is 0 Å². The van der Waals surface area contributed by atoms with Crippen molar-refractivity contribution in [2.24, 2.45) is 0 Å². The molecule has 0 aromatic heterocycles. The molecule has 1 nitrogen and oxygen atoms in total. The van der Waals surface area contributed by atoms with Gasteiger partial charge in [-0.15, -0.1) is 0 Å². The average Bonchev–Trinajstić information content (AvgIpc) is 2.80. The second-order valence-electron chi connectivity index (χ2n) is 5.60. The van der Waals surface area contributed by atoms with E-state index in [9.17, 15) is 0 Å². The molecule has 0 radical (unpaired) electrons.